The highest BCUT2D eigenvalue weighted by atomic mass is 79.9. The van der Waals surface area contributed by atoms with Gasteiger partial charge in [-0.3, -0.25) is 4.79 Å². The molecular weight excluding hydrogens is 388 g/mol. The second kappa shape index (κ2) is 8.85. The molecule has 0 radical (unpaired) electrons. The molecule has 2 aromatic carbocycles. The summed E-state index contributed by atoms with van der Waals surface area (Å²) in [6.07, 6.45) is 0. The van der Waals surface area contributed by atoms with Gasteiger partial charge in [0.1, 0.15) is 5.75 Å². The summed E-state index contributed by atoms with van der Waals surface area (Å²) in [4.78, 5) is 23.4. The van der Waals surface area contributed by atoms with E-state index < -0.39 is 18.5 Å². The second-order valence-electron chi connectivity index (χ2n) is 5.12. The number of halogens is 1. The molecule has 0 saturated carbocycles. The predicted octanol–water partition coefficient (Wildman–Crippen LogP) is 3.19. The van der Waals surface area contributed by atoms with Gasteiger partial charge in [0.15, 0.2) is 13.2 Å². The second-order valence-corrected chi connectivity index (χ2v) is 5.97. The number of amides is 1. The summed E-state index contributed by atoms with van der Waals surface area (Å²) in [7, 11) is 0. The molecule has 0 unspecified atom stereocenters. The number of anilines is 1. The molecule has 0 aliphatic carbocycles. The van der Waals surface area contributed by atoms with Gasteiger partial charge in [-0.25, -0.2) is 4.79 Å². The van der Waals surface area contributed by atoms with E-state index in [4.69, 9.17) is 14.7 Å². The van der Waals surface area contributed by atoms with Gasteiger partial charge in [0.25, 0.3) is 5.91 Å². The van der Waals surface area contributed by atoms with Crippen molar-refractivity contribution in [1.82, 2.24) is 0 Å². The summed E-state index contributed by atoms with van der Waals surface area (Å²) < 4.78 is 10.8. The minimum absolute atomic E-state index is 0.326. The van der Waals surface area contributed by atoms with Gasteiger partial charge in [-0.1, -0.05) is 6.07 Å². The highest BCUT2D eigenvalue weighted by Crippen LogP contribution is 2.23. The molecule has 0 spiro atoms. The van der Waals surface area contributed by atoms with Crippen molar-refractivity contribution in [2.24, 2.45) is 0 Å². The molecule has 128 valence electrons. The van der Waals surface area contributed by atoms with E-state index in [-0.39, 0.29) is 6.61 Å². The molecule has 2 rings (SSSR count). The lowest BCUT2D eigenvalue weighted by atomic mass is 10.2. The molecule has 0 aromatic heterocycles. The standard InChI is InChI=1S/C18H15BrN2O4/c1-12-2-7-16(15(19)8-12)21-17(22)10-25-18(23)11-24-14-5-3-13(9-20)4-6-14/h2-8H,10-11H2,1H3,(H,21,22). The molecule has 0 heterocycles. The van der Waals surface area contributed by atoms with E-state index in [0.29, 0.717) is 17.0 Å². The van der Waals surface area contributed by atoms with Crippen molar-refractivity contribution >= 4 is 33.5 Å². The highest BCUT2D eigenvalue weighted by molar-refractivity contribution is 9.10. The van der Waals surface area contributed by atoms with Crippen LogP contribution in [0.5, 0.6) is 5.75 Å². The maximum absolute atomic E-state index is 11.8. The number of aryl methyl sites for hydroxylation is 1. The summed E-state index contributed by atoms with van der Waals surface area (Å²) >= 11 is 3.35. The van der Waals surface area contributed by atoms with Gasteiger partial charge in [-0.2, -0.15) is 5.26 Å². The van der Waals surface area contributed by atoms with Crippen LogP contribution in [0.25, 0.3) is 0 Å². The number of ether oxygens (including phenoxy) is 2. The zero-order chi connectivity index (χ0) is 18.2. The Morgan fingerprint density at radius 2 is 1.88 bits per heavy atom. The van der Waals surface area contributed by atoms with Gasteiger partial charge in [0.05, 0.1) is 17.3 Å². The van der Waals surface area contributed by atoms with Crippen LogP contribution in [0.3, 0.4) is 0 Å². The van der Waals surface area contributed by atoms with E-state index in [1.54, 1.807) is 30.3 Å². The lowest BCUT2D eigenvalue weighted by molar-refractivity contribution is -0.149. The average molecular weight is 403 g/mol. The number of nitriles is 1. The smallest absolute Gasteiger partial charge is 0.344 e. The summed E-state index contributed by atoms with van der Waals surface area (Å²) in [6, 6.07) is 13.8. The molecule has 0 atom stereocenters. The Labute approximate surface area is 153 Å². The molecule has 0 aliphatic rings. The number of hydrogen-bond donors (Lipinski definition) is 1. The molecule has 1 amide bonds. The highest BCUT2D eigenvalue weighted by Gasteiger charge is 2.10. The maximum atomic E-state index is 11.8. The maximum Gasteiger partial charge on any atom is 0.344 e. The first-order valence-corrected chi connectivity index (χ1v) is 8.12. The van der Waals surface area contributed by atoms with Crippen molar-refractivity contribution < 1.29 is 19.1 Å². The Kier molecular flexibility index (Phi) is 6.54. The van der Waals surface area contributed by atoms with Gasteiger partial charge in [-0.05, 0) is 64.8 Å². The lowest BCUT2D eigenvalue weighted by Crippen LogP contribution is -2.23. The van der Waals surface area contributed by atoms with Crippen LogP contribution in [-0.4, -0.2) is 25.1 Å². The summed E-state index contributed by atoms with van der Waals surface area (Å²) in [5.74, 6) is -0.678. The molecule has 0 fully saturated rings. The fraction of sp³-hybridized carbons (Fsp3) is 0.167. The third-order valence-electron chi connectivity index (χ3n) is 3.10. The molecular formula is C18H15BrN2O4. The number of carbonyl (C=O) groups excluding carboxylic acids is 2. The number of nitrogens with zero attached hydrogens (tertiary/aromatic N) is 1. The largest absolute Gasteiger partial charge is 0.482 e. The quantitative estimate of drug-likeness (QED) is 0.749. The zero-order valence-corrected chi connectivity index (χ0v) is 15.0. The van der Waals surface area contributed by atoms with E-state index in [1.807, 2.05) is 25.1 Å². The molecule has 1 N–H and O–H groups in total. The van der Waals surface area contributed by atoms with Crippen molar-refractivity contribution in [1.29, 1.82) is 5.26 Å². The molecule has 0 bridgehead atoms. The van der Waals surface area contributed by atoms with Crippen molar-refractivity contribution in [2.75, 3.05) is 18.5 Å². The number of carbonyl (C=O) groups is 2. The monoisotopic (exact) mass is 402 g/mol. The Bertz CT molecular complexity index is 813. The van der Waals surface area contributed by atoms with Crippen molar-refractivity contribution in [3.05, 3.63) is 58.1 Å². The van der Waals surface area contributed by atoms with E-state index in [9.17, 15) is 9.59 Å². The van der Waals surface area contributed by atoms with Crippen LogP contribution in [0.15, 0.2) is 46.9 Å². The molecule has 7 heteroatoms. The van der Waals surface area contributed by atoms with E-state index in [1.165, 1.54) is 0 Å². The fourth-order valence-corrected chi connectivity index (χ4v) is 2.46. The van der Waals surface area contributed by atoms with E-state index in [2.05, 4.69) is 21.2 Å². The van der Waals surface area contributed by atoms with Crippen LogP contribution in [0.2, 0.25) is 0 Å². The normalized spacial score (nSPS) is 9.80. The minimum atomic E-state index is -0.664. The van der Waals surface area contributed by atoms with Crippen LogP contribution in [0.4, 0.5) is 5.69 Å². The summed E-state index contributed by atoms with van der Waals surface area (Å²) in [5.41, 5.74) is 2.14. The molecule has 0 aliphatic heterocycles. The van der Waals surface area contributed by atoms with Gasteiger partial charge >= 0.3 is 5.97 Å². The average Bonchev–Trinajstić information content (AvgIpc) is 2.61. The van der Waals surface area contributed by atoms with Crippen LogP contribution < -0.4 is 10.1 Å². The first kappa shape index (κ1) is 18.5. The Morgan fingerprint density at radius 1 is 1.16 bits per heavy atom. The summed E-state index contributed by atoms with van der Waals surface area (Å²) in [6.45, 7) is 1.20. The molecule has 25 heavy (non-hydrogen) atoms. The number of esters is 1. The number of rotatable bonds is 6. The van der Waals surface area contributed by atoms with Gasteiger partial charge in [0, 0.05) is 4.47 Å². The third-order valence-corrected chi connectivity index (χ3v) is 3.76. The van der Waals surface area contributed by atoms with Crippen LogP contribution in [-0.2, 0) is 14.3 Å². The Morgan fingerprint density at radius 3 is 2.52 bits per heavy atom. The van der Waals surface area contributed by atoms with Crippen molar-refractivity contribution in [3.63, 3.8) is 0 Å². The zero-order valence-electron chi connectivity index (χ0n) is 13.4. The van der Waals surface area contributed by atoms with E-state index in [0.717, 1.165) is 10.0 Å². The summed E-state index contributed by atoms with van der Waals surface area (Å²) in [5, 5.41) is 11.3. The Hall–Kier alpha value is -2.85. The number of benzene rings is 2. The fourth-order valence-electron chi connectivity index (χ4n) is 1.86. The lowest BCUT2D eigenvalue weighted by Gasteiger charge is -2.09. The molecule has 2 aromatic rings. The van der Waals surface area contributed by atoms with Gasteiger partial charge < -0.3 is 14.8 Å². The SMILES string of the molecule is Cc1ccc(NC(=O)COC(=O)COc2ccc(C#N)cc2)c(Br)c1. The van der Waals surface area contributed by atoms with Crippen LogP contribution >= 0.6 is 15.9 Å². The van der Waals surface area contributed by atoms with Crippen LogP contribution in [0.1, 0.15) is 11.1 Å². The topological polar surface area (TPSA) is 88.4 Å². The Balaban J connectivity index is 1.75. The first-order chi connectivity index (χ1) is 12.0. The van der Waals surface area contributed by atoms with Crippen molar-refractivity contribution in [3.8, 4) is 11.8 Å². The molecule has 0 saturated heterocycles. The van der Waals surface area contributed by atoms with E-state index >= 15 is 0 Å². The van der Waals surface area contributed by atoms with Crippen molar-refractivity contribution in [2.45, 2.75) is 6.92 Å². The minimum Gasteiger partial charge on any atom is -0.482 e. The molecule has 6 nitrogen and oxygen atoms in total. The van der Waals surface area contributed by atoms with Gasteiger partial charge in [0.2, 0.25) is 0 Å². The first-order valence-electron chi connectivity index (χ1n) is 7.32. The third kappa shape index (κ3) is 5.94. The number of nitrogens with one attached hydrogen (secondary N) is 1. The predicted molar refractivity (Wildman–Crippen MR) is 95.1 cm³/mol. The number of hydrogen-bond acceptors (Lipinski definition) is 5. The van der Waals surface area contributed by atoms with Crippen LogP contribution in [0, 0.1) is 18.3 Å². The van der Waals surface area contributed by atoms with Gasteiger partial charge in [-0.15, -0.1) is 0 Å².